The third-order valence-electron chi connectivity index (χ3n) is 4.51. The molecule has 3 nitrogen and oxygen atoms in total. The summed E-state index contributed by atoms with van der Waals surface area (Å²) in [6, 6.07) is 9.41. The Hall–Kier alpha value is -0.900. The van der Waals surface area contributed by atoms with Crippen LogP contribution in [0, 0.1) is 0 Å². The molecule has 0 spiro atoms. The normalized spacial score (nSPS) is 20.1. The molecule has 118 valence electrons. The Bertz CT molecular complexity index is 398. The van der Waals surface area contributed by atoms with Gasteiger partial charge in [-0.25, -0.2) is 0 Å². The smallest absolute Gasteiger partial charge is 0.0702 e. The van der Waals surface area contributed by atoms with Gasteiger partial charge < -0.3 is 10.1 Å². The molecule has 1 saturated heterocycles. The van der Waals surface area contributed by atoms with Crippen molar-refractivity contribution in [1.29, 1.82) is 0 Å². The lowest BCUT2D eigenvalue weighted by atomic mass is 10.0. The van der Waals surface area contributed by atoms with Crippen molar-refractivity contribution in [2.24, 2.45) is 0 Å². The predicted octanol–water partition coefficient (Wildman–Crippen LogP) is 3.01. The molecule has 0 aromatic heterocycles. The zero-order valence-electron chi connectivity index (χ0n) is 13.8. The molecule has 1 N–H and O–H groups in total. The zero-order valence-corrected chi connectivity index (χ0v) is 13.8. The van der Waals surface area contributed by atoms with Gasteiger partial charge >= 0.3 is 0 Å². The van der Waals surface area contributed by atoms with Crippen molar-refractivity contribution in [3.8, 4) is 0 Å². The fourth-order valence-electron chi connectivity index (χ4n) is 3.02. The molecule has 0 aliphatic carbocycles. The Morgan fingerprint density at radius 3 is 2.57 bits per heavy atom. The second-order valence-electron chi connectivity index (χ2n) is 5.92. The van der Waals surface area contributed by atoms with Crippen molar-refractivity contribution in [1.82, 2.24) is 10.2 Å². The quantitative estimate of drug-likeness (QED) is 0.796. The molecule has 1 aromatic carbocycles. The molecule has 0 bridgehead atoms. The highest BCUT2D eigenvalue weighted by atomic mass is 16.5. The molecule has 3 heteroatoms. The molecule has 21 heavy (non-hydrogen) atoms. The Labute approximate surface area is 129 Å². The van der Waals surface area contributed by atoms with Gasteiger partial charge in [-0.15, -0.1) is 0 Å². The SMILES string of the molecule is CCc1ccc(C(CN(CC)CC2CCCO2)NC)cc1. The molecule has 1 aromatic rings. The fraction of sp³-hybridized carbons (Fsp3) is 0.667. The van der Waals surface area contributed by atoms with Crippen LogP contribution in [0.15, 0.2) is 24.3 Å². The average Bonchev–Trinajstić information content (AvgIpc) is 3.04. The van der Waals surface area contributed by atoms with E-state index in [1.807, 2.05) is 0 Å². The Morgan fingerprint density at radius 2 is 2.05 bits per heavy atom. The maximum absolute atomic E-state index is 5.77. The number of nitrogens with zero attached hydrogens (tertiary/aromatic N) is 1. The third-order valence-corrected chi connectivity index (χ3v) is 4.51. The molecule has 0 amide bonds. The van der Waals surface area contributed by atoms with Gasteiger partial charge in [-0.2, -0.15) is 0 Å². The van der Waals surface area contributed by atoms with E-state index in [9.17, 15) is 0 Å². The van der Waals surface area contributed by atoms with Crippen LogP contribution in [0.4, 0.5) is 0 Å². The van der Waals surface area contributed by atoms with E-state index in [-0.39, 0.29) is 0 Å². The van der Waals surface area contributed by atoms with Crippen LogP contribution >= 0.6 is 0 Å². The molecule has 0 radical (unpaired) electrons. The molecular weight excluding hydrogens is 260 g/mol. The monoisotopic (exact) mass is 290 g/mol. The molecule has 0 saturated carbocycles. The lowest BCUT2D eigenvalue weighted by Crippen LogP contribution is -2.38. The van der Waals surface area contributed by atoms with Crippen LogP contribution in [0.1, 0.15) is 43.9 Å². The van der Waals surface area contributed by atoms with E-state index in [1.165, 1.54) is 24.0 Å². The maximum atomic E-state index is 5.77. The second kappa shape index (κ2) is 8.52. The second-order valence-corrected chi connectivity index (χ2v) is 5.92. The number of hydrogen-bond donors (Lipinski definition) is 1. The average molecular weight is 290 g/mol. The summed E-state index contributed by atoms with van der Waals surface area (Å²) in [6.07, 6.45) is 3.97. The summed E-state index contributed by atoms with van der Waals surface area (Å²) in [5, 5.41) is 3.46. The first kappa shape index (κ1) is 16.5. The molecule has 1 aliphatic rings. The van der Waals surface area contributed by atoms with Gasteiger partial charge in [0.05, 0.1) is 6.10 Å². The Kier molecular flexibility index (Phi) is 6.68. The topological polar surface area (TPSA) is 24.5 Å². The van der Waals surface area contributed by atoms with E-state index in [4.69, 9.17) is 4.74 Å². The first-order chi connectivity index (χ1) is 10.3. The predicted molar refractivity (Wildman–Crippen MR) is 88.7 cm³/mol. The van der Waals surface area contributed by atoms with Gasteiger partial charge in [0.15, 0.2) is 0 Å². The van der Waals surface area contributed by atoms with Gasteiger partial charge in [-0.1, -0.05) is 38.1 Å². The van der Waals surface area contributed by atoms with Crippen molar-refractivity contribution in [2.45, 2.75) is 45.3 Å². The van der Waals surface area contributed by atoms with Gasteiger partial charge in [-0.05, 0) is 44.0 Å². The molecule has 1 aliphatic heterocycles. The number of hydrogen-bond acceptors (Lipinski definition) is 3. The molecule has 2 unspecified atom stereocenters. The standard InChI is InChI=1S/C18H30N2O/c1-4-15-8-10-16(11-9-15)18(19-3)14-20(5-2)13-17-7-6-12-21-17/h8-11,17-19H,4-7,12-14H2,1-3H3. The van der Waals surface area contributed by atoms with E-state index >= 15 is 0 Å². The van der Waals surface area contributed by atoms with Crippen molar-refractivity contribution >= 4 is 0 Å². The minimum atomic E-state index is 0.386. The highest BCUT2D eigenvalue weighted by Gasteiger charge is 2.20. The van der Waals surface area contributed by atoms with E-state index in [2.05, 4.69) is 55.4 Å². The number of aryl methyl sites for hydroxylation is 1. The van der Waals surface area contributed by atoms with Crippen LogP contribution in [-0.4, -0.2) is 44.3 Å². The van der Waals surface area contributed by atoms with Crippen LogP contribution in [0.5, 0.6) is 0 Å². The number of ether oxygens (including phenoxy) is 1. The summed E-state index contributed by atoms with van der Waals surface area (Å²) < 4.78 is 5.77. The highest BCUT2D eigenvalue weighted by Crippen LogP contribution is 2.18. The van der Waals surface area contributed by atoms with Gasteiger partial charge in [-0.3, -0.25) is 4.90 Å². The maximum Gasteiger partial charge on any atom is 0.0702 e. The van der Waals surface area contributed by atoms with Crippen LogP contribution in [-0.2, 0) is 11.2 Å². The lowest BCUT2D eigenvalue weighted by Gasteiger charge is -2.28. The minimum absolute atomic E-state index is 0.386. The van der Waals surface area contributed by atoms with Crippen LogP contribution in [0.25, 0.3) is 0 Å². The van der Waals surface area contributed by atoms with Crippen molar-refractivity contribution < 1.29 is 4.74 Å². The largest absolute Gasteiger partial charge is 0.377 e. The summed E-state index contributed by atoms with van der Waals surface area (Å²) in [4.78, 5) is 2.50. The van der Waals surface area contributed by atoms with Crippen LogP contribution in [0.2, 0.25) is 0 Å². The summed E-state index contributed by atoms with van der Waals surface area (Å²) in [5.74, 6) is 0. The first-order valence-corrected chi connectivity index (χ1v) is 8.36. The van der Waals surface area contributed by atoms with Crippen molar-refractivity contribution in [3.05, 3.63) is 35.4 Å². The van der Waals surface area contributed by atoms with Crippen molar-refractivity contribution in [2.75, 3.05) is 33.3 Å². The van der Waals surface area contributed by atoms with Crippen molar-refractivity contribution in [3.63, 3.8) is 0 Å². The summed E-state index contributed by atoms with van der Waals surface area (Å²) in [6.45, 7) is 8.55. The third kappa shape index (κ3) is 4.80. The molecular formula is C18H30N2O. The van der Waals surface area contributed by atoms with Gasteiger partial charge in [0.2, 0.25) is 0 Å². The number of benzene rings is 1. The van der Waals surface area contributed by atoms with E-state index in [0.29, 0.717) is 12.1 Å². The Morgan fingerprint density at radius 1 is 1.29 bits per heavy atom. The zero-order chi connectivity index (χ0) is 15.1. The first-order valence-electron chi connectivity index (χ1n) is 8.36. The molecule has 2 rings (SSSR count). The van der Waals surface area contributed by atoms with Gasteiger partial charge in [0, 0.05) is 25.7 Å². The number of rotatable bonds is 8. The molecule has 1 fully saturated rings. The summed E-state index contributed by atoms with van der Waals surface area (Å²) in [7, 11) is 2.05. The van der Waals surface area contributed by atoms with E-state index < -0.39 is 0 Å². The molecule has 2 atom stereocenters. The van der Waals surface area contributed by atoms with E-state index in [0.717, 1.165) is 32.7 Å². The number of nitrogens with one attached hydrogen (secondary N) is 1. The minimum Gasteiger partial charge on any atom is -0.377 e. The van der Waals surface area contributed by atoms with Gasteiger partial charge in [0.1, 0.15) is 0 Å². The fourth-order valence-corrected chi connectivity index (χ4v) is 3.02. The highest BCUT2D eigenvalue weighted by molar-refractivity contribution is 5.25. The van der Waals surface area contributed by atoms with Gasteiger partial charge in [0.25, 0.3) is 0 Å². The van der Waals surface area contributed by atoms with Crippen LogP contribution in [0.3, 0.4) is 0 Å². The van der Waals surface area contributed by atoms with Crippen LogP contribution < -0.4 is 5.32 Å². The lowest BCUT2D eigenvalue weighted by molar-refractivity contribution is 0.0718. The molecule has 1 heterocycles. The summed E-state index contributed by atoms with van der Waals surface area (Å²) >= 11 is 0. The number of likely N-dealkylation sites (N-methyl/N-ethyl adjacent to an activating group) is 2. The Balaban J connectivity index is 1.94. The van der Waals surface area contributed by atoms with E-state index in [1.54, 1.807) is 0 Å². The summed E-state index contributed by atoms with van der Waals surface area (Å²) in [5.41, 5.74) is 2.78.